The molecule has 1 fully saturated rings. The fraction of sp³-hybridized carbons (Fsp3) is 0.529. The van der Waals surface area contributed by atoms with Crippen molar-refractivity contribution in [1.29, 1.82) is 0 Å². The zero-order valence-electron chi connectivity index (χ0n) is 14.4. The Hall–Kier alpha value is -2.28. The quantitative estimate of drug-likeness (QED) is 0.780. The minimum atomic E-state index is -0.510. The number of ether oxygens (including phenoxy) is 2. The lowest BCUT2D eigenvalue weighted by molar-refractivity contribution is -0.137. The van der Waals surface area contributed by atoms with E-state index in [1.807, 2.05) is 6.92 Å². The molecule has 2 atom stereocenters. The summed E-state index contributed by atoms with van der Waals surface area (Å²) >= 11 is 0. The lowest BCUT2D eigenvalue weighted by Gasteiger charge is -2.24. The second kappa shape index (κ2) is 8.01. The largest absolute Gasteiger partial charge is 0.497 e. The summed E-state index contributed by atoms with van der Waals surface area (Å²) in [4.78, 5) is 26.5. The van der Waals surface area contributed by atoms with Gasteiger partial charge in [0, 0.05) is 24.7 Å². The Balaban J connectivity index is 2.17. The Labute approximate surface area is 142 Å². The number of hydrogen-bond donors (Lipinski definition) is 2. The molecular formula is C17H25N3O4. The van der Waals surface area contributed by atoms with Gasteiger partial charge in [0.15, 0.2) is 0 Å². The van der Waals surface area contributed by atoms with Crippen molar-refractivity contribution in [2.75, 3.05) is 27.3 Å². The summed E-state index contributed by atoms with van der Waals surface area (Å²) < 4.78 is 10.5. The standard InChI is InChI=1S/C17H25N3O4/c1-4-19-17(22)14-9-12(18)10-20(14)16(21)8-11-7-13(23-2)5-6-15(11)24-3/h5-7,12,14H,4,8-10,18H2,1-3H3,(H,19,22). The van der Waals surface area contributed by atoms with Crippen molar-refractivity contribution >= 4 is 11.8 Å². The van der Waals surface area contributed by atoms with Gasteiger partial charge in [-0.05, 0) is 31.5 Å². The molecule has 1 saturated heterocycles. The number of rotatable bonds is 6. The second-order valence-electron chi connectivity index (χ2n) is 5.81. The molecule has 24 heavy (non-hydrogen) atoms. The number of likely N-dealkylation sites (N-methyl/N-ethyl adjacent to an activating group) is 1. The Morgan fingerprint density at radius 3 is 2.71 bits per heavy atom. The van der Waals surface area contributed by atoms with Crippen LogP contribution in [-0.2, 0) is 16.0 Å². The number of nitrogens with zero attached hydrogens (tertiary/aromatic N) is 1. The van der Waals surface area contributed by atoms with Crippen LogP contribution in [0.15, 0.2) is 18.2 Å². The molecule has 3 N–H and O–H groups in total. The topological polar surface area (TPSA) is 93.9 Å². The highest BCUT2D eigenvalue weighted by atomic mass is 16.5. The highest BCUT2D eigenvalue weighted by Crippen LogP contribution is 2.26. The Morgan fingerprint density at radius 2 is 2.08 bits per heavy atom. The average Bonchev–Trinajstić information content (AvgIpc) is 2.97. The van der Waals surface area contributed by atoms with Gasteiger partial charge in [0.1, 0.15) is 17.5 Å². The van der Waals surface area contributed by atoms with Crippen molar-refractivity contribution in [2.24, 2.45) is 5.73 Å². The first kappa shape index (κ1) is 18.1. The molecule has 0 bridgehead atoms. The van der Waals surface area contributed by atoms with Gasteiger partial charge in [-0.15, -0.1) is 0 Å². The number of nitrogens with two attached hydrogens (primary N) is 1. The molecule has 0 saturated carbocycles. The Morgan fingerprint density at radius 1 is 1.33 bits per heavy atom. The van der Waals surface area contributed by atoms with Crippen molar-refractivity contribution in [1.82, 2.24) is 10.2 Å². The van der Waals surface area contributed by atoms with Crippen molar-refractivity contribution < 1.29 is 19.1 Å². The average molecular weight is 335 g/mol. The molecule has 0 aliphatic carbocycles. The second-order valence-corrected chi connectivity index (χ2v) is 5.81. The van der Waals surface area contributed by atoms with Gasteiger partial charge in [0.2, 0.25) is 11.8 Å². The van der Waals surface area contributed by atoms with E-state index in [1.54, 1.807) is 37.3 Å². The molecule has 1 heterocycles. The first-order valence-corrected chi connectivity index (χ1v) is 8.03. The van der Waals surface area contributed by atoms with E-state index in [9.17, 15) is 9.59 Å². The minimum absolute atomic E-state index is 0.128. The van der Waals surface area contributed by atoms with Crippen molar-refractivity contribution in [2.45, 2.75) is 31.8 Å². The number of hydrogen-bond acceptors (Lipinski definition) is 5. The van der Waals surface area contributed by atoms with E-state index in [-0.39, 0.29) is 24.3 Å². The van der Waals surface area contributed by atoms with Gasteiger partial charge < -0.3 is 25.4 Å². The smallest absolute Gasteiger partial charge is 0.242 e. The molecule has 2 rings (SSSR count). The number of methoxy groups -OCH3 is 2. The van der Waals surface area contributed by atoms with E-state index < -0.39 is 6.04 Å². The molecule has 2 unspecified atom stereocenters. The molecule has 1 aromatic rings. The predicted octanol–water partition coefficient (Wildman–Crippen LogP) is 0.311. The summed E-state index contributed by atoms with van der Waals surface area (Å²) in [5.41, 5.74) is 6.68. The molecule has 2 amide bonds. The predicted molar refractivity (Wildman–Crippen MR) is 90.0 cm³/mol. The van der Waals surface area contributed by atoms with Crippen LogP contribution in [0.25, 0.3) is 0 Å². The summed E-state index contributed by atoms with van der Waals surface area (Å²) in [5.74, 6) is 0.960. The van der Waals surface area contributed by atoms with Crippen LogP contribution < -0.4 is 20.5 Å². The van der Waals surface area contributed by atoms with Gasteiger partial charge in [-0.25, -0.2) is 0 Å². The lowest BCUT2D eigenvalue weighted by Crippen LogP contribution is -2.46. The SMILES string of the molecule is CCNC(=O)C1CC(N)CN1C(=O)Cc1cc(OC)ccc1OC. The van der Waals surface area contributed by atoms with Crippen LogP contribution in [0, 0.1) is 0 Å². The van der Waals surface area contributed by atoms with E-state index in [0.717, 1.165) is 5.56 Å². The maximum atomic E-state index is 12.7. The fourth-order valence-corrected chi connectivity index (χ4v) is 2.97. The van der Waals surface area contributed by atoms with Gasteiger partial charge in [-0.2, -0.15) is 0 Å². The van der Waals surface area contributed by atoms with Crippen LogP contribution in [0.4, 0.5) is 0 Å². The summed E-state index contributed by atoms with van der Waals surface area (Å²) in [6, 6.07) is 4.61. The zero-order chi connectivity index (χ0) is 17.7. The van der Waals surface area contributed by atoms with E-state index >= 15 is 0 Å². The normalized spacial score (nSPS) is 19.9. The number of carbonyl (C=O) groups excluding carboxylic acids is 2. The van der Waals surface area contributed by atoms with E-state index in [2.05, 4.69) is 5.32 Å². The third-order valence-electron chi connectivity index (χ3n) is 4.14. The van der Waals surface area contributed by atoms with Crippen LogP contribution in [-0.4, -0.2) is 56.1 Å². The Bertz CT molecular complexity index is 605. The van der Waals surface area contributed by atoms with Gasteiger partial charge in [-0.3, -0.25) is 9.59 Å². The molecule has 7 heteroatoms. The number of amides is 2. The van der Waals surface area contributed by atoms with Crippen LogP contribution in [0.2, 0.25) is 0 Å². The summed E-state index contributed by atoms with van der Waals surface area (Å²) in [7, 11) is 3.12. The third-order valence-corrected chi connectivity index (χ3v) is 4.14. The third kappa shape index (κ3) is 3.97. The van der Waals surface area contributed by atoms with E-state index in [4.69, 9.17) is 15.2 Å². The summed E-state index contributed by atoms with van der Waals surface area (Å²) in [6.45, 7) is 2.75. The maximum Gasteiger partial charge on any atom is 0.242 e. The summed E-state index contributed by atoms with van der Waals surface area (Å²) in [6.07, 6.45) is 0.607. The zero-order valence-corrected chi connectivity index (χ0v) is 14.4. The van der Waals surface area contributed by atoms with Gasteiger partial charge in [0.05, 0.1) is 20.6 Å². The van der Waals surface area contributed by atoms with Crippen molar-refractivity contribution in [3.05, 3.63) is 23.8 Å². The minimum Gasteiger partial charge on any atom is -0.497 e. The van der Waals surface area contributed by atoms with Crippen LogP contribution in [0.5, 0.6) is 11.5 Å². The Kier molecular flexibility index (Phi) is 6.03. The van der Waals surface area contributed by atoms with Gasteiger partial charge >= 0.3 is 0 Å². The molecule has 132 valence electrons. The maximum absolute atomic E-state index is 12.7. The molecule has 0 spiro atoms. The molecule has 1 aliphatic heterocycles. The summed E-state index contributed by atoms with van der Waals surface area (Å²) in [5, 5.41) is 2.76. The molecule has 7 nitrogen and oxygen atoms in total. The molecule has 1 aromatic carbocycles. The molecular weight excluding hydrogens is 310 g/mol. The van der Waals surface area contributed by atoms with E-state index in [1.165, 1.54) is 0 Å². The van der Waals surface area contributed by atoms with E-state index in [0.29, 0.717) is 31.0 Å². The number of nitrogens with one attached hydrogen (secondary N) is 1. The first-order chi connectivity index (χ1) is 11.5. The monoisotopic (exact) mass is 335 g/mol. The van der Waals surface area contributed by atoms with Gasteiger partial charge in [-0.1, -0.05) is 0 Å². The first-order valence-electron chi connectivity index (χ1n) is 8.03. The molecule has 1 aliphatic rings. The highest BCUT2D eigenvalue weighted by Gasteiger charge is 2.37. The van der Waals surface area contributed by atoms with Crippen LogP contribution >= 0.6 is 0 Å². The number of carbonyl (C=O) groups is 2. The number of benzene rings is 1. The van der Waals surface area contributed by atoms with Gasteiger partial charge in [0.25, 0.3) is 0 Å². The fourth-order valence-electron chi connectivity index (χ4n) is 2.97. The van der Waals surface area contributed by atoms with Crippen LogP contribution in [0.1, 0.15) is 18.9 Å². The highest BCUT2D eigenvalue weighted by molar-refractivity contribution is 5.89. The molecule has 0 aromatic heterocycles. The van der Waals surface area contributed by atoms with Crippen molar-refractivity contribution in [3.8, 4) is 11.5 Å². The number of likely N-dealkylation sites (tertiary alicyclic amines) is 1. The van der Waals surface area contributed by atoms with Crippen molar-refractivity contribution in [3.63, 3.8) is 0 Å². The molecule has 0 radical (unpaired) electrons. The lowest BCUT2D eigenvalue weighted by atomic mass is 10.1. The van der Waals surface area contributed by atoms with Crippen LogP contribution in [0.3, 0.4) is 0 Å².